The second kappa shape index (κ2) is 3.48. The monoisotopic (exact) mass is 232 g/mol. The third kappa shape index (κ3) is 1.36. The van der Waals surface area contributed by atoms with Crippen LogP contribution in [0.1, 0.15) is 55.2 Å². The van der Waals surface area contributed by atoms with Crippen molar-refractivity contribution in [3.8, 4) is 0 Å². The number of hydrogen-bond donors (Lipinski definition) is 2. The summed E-state index contributed by atoms with van der Waals surface area (Å²) in [4.78, 5) is 2.41. The molecule has 0 radical (unpaired) electrons. The van der Waals surface area contributed by atoms with E-state index in [2.05, 4.69) is 15.1 Å². The zero-order valence-electron chi connectivity index (χ0n) is 10.2. The molecule has 1 aliphatic heterocycles. The van der Waals surface area contributed by atoms with E-state index in [9.17, 15) is 0 Å². The SMILES string of the molecule is NC1CCCN(c2n[nH]c3c2C2CCC3C2)C1. The highest BCUT2D eigenvalue weighted by molar-refractivity contribution is 5.56. The van der Waals surface area contributed by atoms with Crippen LogP contribution < -0.4 is 10.6 Å². The molecule has 0 spiro atoms. The molecule has 3 unspecified atom stereocenters. The maximum atomic E-state index is 6.07. The van der Waals surface area contributed by atoms with E-state index >= 15 is 0 Å². The summed E-state index contributed by atoms with van der Waals surface area (Å²) >= 11 is 0. The molecular formula is C13H20N4. The third-order valence-corrected chi connectivity index (χ3v) is 4.82. The highest BCUT2D eigenvalue weighted by Crippen LogP contribution is 2.55. The molecule has 1 saturated carbocycles. The van der Waals surface area contributed by atoms with Crippen molar-refractivity contribution in [3.05, 3.63) is 11.3 Å². The van der Waals surface area contributed by atoms with E-state index in [1.54, 1.807) is 0 Å². The van der Waals surface area contributed by atoms with Gasteiger partial charge in [-0.05, 0) is 38.0 Å². The maximum Gasteiger partial charge on any atom is 0.154 e. The molecule has 17 heavy (non-hydrogen) atoms. The lowest BCUT2D eigenvalue weighted by Gasteiger charge is -2.32. The van der Waals surface area contributed by atoms with Crippen LogP contribution in [-0.2, 0) is 0 Å². The molecule has 3 N–H and O–H groups in total. The van der Waals surface area contributed by atoms with Crippen LogP contribution in [0.15, 0.2) is 0 Å². The quantitative estimate of drug-likeness (QED) is 0.775. The predicted molar refractivity (Wildman–Crippen MR) is 67.3 cm³/mol. The fraction of sp³-hybridized carbons (Fsp3) is 0.769. The number of H-pyrrole nitrogens is 1. The molecule has 3 aliphatic rings. The van der Waals surface area contributed by atoms with Crippen LogP contribution in [0.25, 0.3) is 0 Å². The van der Waals surface area contributed by atoms with Gasteiger partial charge in [0.05, 0.1) is 0 Å². The Labute approximate surface area is 102 Å². The average Bonchev–Trinajstić information content (AvgIpc) is 3.02. The van der Waals surface area contributed by atoms with Crippen molar-refractivity contribution in [1.29, 1.82) is 0 Å². The third-order valence-electron chi connectivity index (χ3n) is 4.82. The minimum atomic E-state index is 0.328. The number of rotatable bonds is 1. The molecule has 4 nitrogen and oxygen atoms in total. The minimum absolute atomic E-state index is 0.328. The van der Waals surface area contributed by atoms with Crippen LogP contribution in [0.5, 0.6) is 0 Å². The fourth-order valence-corrected chi connectivity index (χ4v) is 4.02. The molecule has 1 aromatic rings. The van der Waals surface area contributed by atoms with E-state index in [1.807, 2.05) is 0 Å². The first-order chi connectivity index (χ1) is 8.33. The Morgan fingerprint density at radius 2 is 2.12 bits per heavy atom. The number of aromatic nitrogens is 2. The number of nitrogens with two attached hydrogens (primary N) is 1. The highest BCUT2D eigenvalue weighted by Gasteiger charge is 2.42. The molecule has 2 heterocycles. The topological polar surface area (TPSA) is 57.9 Å². The Morgan fingerprint density at radius 3 is 3.00 bits per heavy atom. The van der Waals surface area contributed by atoms with E-state index in [4.69, 9.17) is 5.73 Å². The Kier molecular flexibility index (Phi) is 2.04. The molecule has 0 aromatic carbocycles. The Balaban J connectivity index is 1.69. The van der Waals surface area contributed by atoms with E-state index in [-0.39, 0.29) is 0 Å². The van der Waals surface area contributed by atoms with Gasteiger partial charge in [-0.1, -0.05) is 0 Å². The van der Waals surface area contributed by atoms with Crippen molar-refractivity contribution in [2.75, 3.05) is 18.0 Å². The Bertz CT molecular complexity index is 439. The van der Waals surface area contributed by atoms with Gasteiger partial charge in [0.15, 0.2) is 5.82 Å². The number of hydrogen-bond acceptors (Lipinski definition) is 3. The van der Waals surface area contributed by atoms with Gasteiger partial charge in [0.2, 0.25) is 0 Å². The molecule has 2 aliphatic carbocycles. The Hall–Kier alpha value is -1.03. The fourth-order valence-electron chi connectivity index (χ4n) is 4.02. The van der Waals surface area contributed by atoms with E-state index < -0.39 is 0 Å². The normalized spacial score (nSPS) is 35.4. The number of nitrogens with zero attached hydrogens (tertiary/aromatic N) is 2. The molecule has 92 valence electrons. The summed E-state index contributed by atoms with van der Waals surface area (Å²) in [5.74, 6) is 2.78. The molecule has 1 aromatic heterocycles. The van der Waals surface area contributed by atoms with Gasteiger partial charge in [-0.15, -0.1) is 0 Å². The first-order valence-electron chi connectivity index (χ1n) is 6.91. The van der Waals surface area contributed by atoms with Crippen molar-refractivity contribution >= 4 is 5.82 Å². The Morgan fingerprint density at radius 1 is 1.24 bits per heavy atom. The smallest absolute Gasteiger partial charge is 0.154 e. The highest BCUT2D eigenvalue weighted by atomic mass is 15.3. The summed E-state index contributed by atoms with van der Waals surface area (Å²) in [7, 11) is 0. The van der Waals surface area contributed by atoms with Crippen molar-refractivity contribution < 1.29 is 0 Å². The van der Waals surface area contributed by atoms with Gasteiger partial charge in [0.25, 0.3) is 0 Å². The summed E-state index contributed by atoms with van der Waals surface area (Å²) in [6.45, 7) is 2.11. The molecule has 3 atom stereocenters. The molecule has 2 fully saturated rings. The number of piperidine rings is 1. The van der Waals surface area contributed by atoms with Crippen LogP contribution in [-0.4, -0.2) is 29.3 Å². The van der Waals surface area contributed by atoms with Gasteiger partial charge in [-0.25, -0.2) is 0 Å². The van der Waals surface area contributed by atoms with Crippen LogP contribution >= 0.6 is 0 Å². The second-order valence-corrected chi connectivity index (χ2v) is 5.93. The van der Waals surface area contributed by atoms with Gasteiger partial charge in [0, 0.05) is 36.3 Å². The molecule has 1 saturated heterocycles. The van der Waals surface area contributed by atoms with Crippen LogP contribution in [0.4, 0.5) is 5.82 Å². The largest absolute Gasteiger partial charge is 0.353 e. The number of aromatic amines is 1. The molecule has 4 heteroatoms. The van der Waals surface area contributed by atoms with Gasteiger partial charge < -0.3 is 10.6 Å². The van der Waals surface area contributed by atoms with Crippen LogP contribution in [0.3, 0.4) is 0 Å². The van der Waals surface area contributed by atoms with Crippen molar-refractivity contribution in [2.24, 2.45) is 5.73 Å². The van der Waals surface area contributed by atoms with E-state index in [0.717, 1.165) is 31.3 Å². The lowest BCUT2D eigenvalue weighted by molar-refractivity contribution is 0.501. The molecular weight excluding hydrogens is 212 g/mol. The lowest BCUT2D eigenvalue weighted by atomic mass is 9.96. The van der Waals surface area contributed by atoms with Crippen LogP contribution in [0, 0.1) is 0 Å². The molecule has 0 amide bonds. The van der Waals surface area contributed by atoms with Crippen molar-refractivity contribution in [3.63, 3.8) is 0 Å². The first-order valence-corrected chi connectivity index (χ1v) is 6.91. The van der Waals surface area contributed by atoms with Crippen molar-refractivity contribution in [2.45, 2.75) is 50.0 Å². The zero-order chi connectivity index (χ0) is 11.4. The maximum absolute atomic E-state index is 6.07. The number of fused-ring (bicyclic) bond motifs is 5. The van der Waals surface area contributed by atoms with Crippen LogP contribution in [0.2, 0.25) is 0 Å². The standard InChI is InChI=1S/C13H20N4/c14-10-2-1-5-17(7-10)13-11-8-3-4-9(6-8)12(11)15-16-13/h8-10H,1-7,14H2,(H,15,16). The molecule has 2 bridgehead atoms. The summed E-state index contributed by atoms with van der Waals surface area (Å²) in [6.07, 6.45) is 6.45. The minimum Gasteiger partial charge on any atom is -0.353 e. The average molecular weight is 232 g/mol. The van der Waals surface area contributed by atoms with Crippen molar-refractivity contribution in [1.82, 2.24) is 10.2 Å². The van der Waals surface area contributed by atoms with Gasteiger partial charge >= 0.3 is 0 Å². The second-order valence-electron chi connectivity index (χ2n) is 5.93. The number of anilines is 1. The zero-order valence-corrected chi connectivity index (χ0v) is 10.2. The summed E-state index contributed by atoms with van der Waals surface area (Å²) in [5.41, 5.74) is 9.05. The number of nitrogens with one attached hydrogen (secondary N) is 1. The summed E-state index contributed by atoms with van der Waals surface area (Å²) in [6, 6.07) is 0.328. The lowest BCUT2D eigenvalue weighted by Crippen LogP contribution is -2.43. The predicted octanol–water partition coefficient (Wildman–Crippen LogP) is 1.70. The van der Waals surface area contributed by atoms with E-state index in [1.165, 1.54) is 42.8 Å². The van der Waals surface area contributed by atoms with Gasteiger partial charge in [-0.2, -0.15) is 5.10 Å². The first kappa shape index (κ1) is 9.95. The summed E-state index contributed by atoms with van der Waals surface area (Å²) < 4.78 is 0. The van der Waals surface area contributed by atoms with Gasteiger partial charge in [0.1, 0.15) is 0 Å². The summed E-state index contributed by atoms with van der Waals surface area (Å²) in [5, 5.41) is 7.88. The molecule has 4 rings (SSSR count). The van der Waals surface area contributed by atoms with E-state index in [0.29, 0.717) is 6.04 Å². The van der Waals surface area contributed by atoms with Gasteiger partial charge in [-0.3, -0.25) is 5.10 Å².